The minimum Gasteiger partial charge on any atom is -0.342 e. The lowest BCUT2D eigenvalue weighted by atomic mass is 10.5. The molecular weight excluding hydrogens is 252 g/mol. The molecule has 0 saturated carbocycles. The van der Waals surface area contributed by atoms with Gasteiger partial charge in [-0.15, -0.1) is 4.52 Å². The van der Waals surface area contributed by atoms with E-state index >= 15 is 0 Å². The van der Waals surface area contributed by atoms with Crippen molar-refractivity contribution in [2.24, 2.45) is 0 Å². The molecule has 80 valence electrons. The zero-order chi connectivity index (χ0) is 11.3. The molecule has 5 nitrogen and oxygen atoms in total. The van der Waals surface area contributed by atoms with Crippen LogP contribution in [0.15, 0.2) is 10.3 Å². The zero-order valence-corrected chi connectivity index (χ0v) is 10.2. The number of hydrogen-bond acceptors (Lipinski definition) is 4. The summed E-state index contributed by atoms with van der Waals surface area (Å²) in [6.07, 6.45) is 0. The van der Waals surface area contributed by atoms with Crippen molar-refractivity contribution in [2.45, 2.75) is 0 Å². The first-order chi connectivity index (χ1) is 6.40. The second kappa shape index (κ2) is 6.19. The fourth-order valence-electron chi connectivity index (χ4n) is 0.469. The van der Waals surface area contributed by atoms with Crippen LogP contribution in [0, 0.1) is 0 Å². The number of carbonyl (C=O) groups is 1. The molecule has 1 amide bonds. The maximum Gasteiger partial charge on any atom is 0.750 e. The van der Waals surface area contributed by atoms with Crippen LogP contribution in [0.3, 0.4) is 0 Å². The molecule has 1 atom stereocenters. The van der Waals surface area contributed by atoms with E-state index in [0.29, 0.717) is 0 Å². The number of amides is 1. The van der Waals surface area contributed by atoms with Gasteiger partial charge in [0, 0.05) is 18.7 Å². The van der Waals surface area contributed by atoms with Crippen molar-refractivity contribution in [1.82, 2.24) is 4.90 Å². The number of rotatable bonds is 4. The lowest BCUT2D eigenvalue weighted by Gasteiger charge is -2.08. The molecule has 0 N–H and O–H groups in total. The summed E-state index contributed by atoms with van der Waals surface area (Å²) in [5.74, 6) is -0.994. The maximum atomic E-state index is 11.3. The first kappa shape index (κ1) is 13.7. The van der Waals surface area contributed by atoms with Crippen LogP contribution in [-0.4, -0.2) is 32.0 Å². The Balaban J connectivity index is 4.74. The van der Waals surface area contributed by atoms with Crippen LogP contribution >= 0.6 is 31.5 Å². The second-order valence-electron chi connectivity index (χ2n) is 2.29. The molecule has 0 aliphatic rings. The highest BCUT2D eigenvalue weighted by Crippen LogP contribution is 2.30. The van der Waals surface area contributed by atoms with Gasteiger partial charge in [0.2, 0.25) is 0 Å². The predicted molar refractivity (Wildman–Crippen MR) is 53.1 cm³/mol. The van der Waals surface area contributed by atoms with E-state index in [1.807, 2.05) is 0 Å². The first-order valence-electron chi connectivity index (χ1n) is 3.36. The predicted octanol–water partition coefficient (Wildman–Crippen LogP) is 2.04. The quantitative estimate of drug-likeness (QED) is 0.441. The van der Waals surface area contributed by atoms with Crippen molar-refractivity contribution in [1.29, 1.82) is 0 Å². The van der Waals surface area contributed by atoms with Gasteiger partial charge in [-0.2, -0.15) is 0 Å². The average molecular weight is 261 g/mol. The van der Waals surface area contributed by atoms with Crippen molar-refractivity contribution in [2.75, 3.05) is 21.2 Å². The summed E-state index contributed by atoms with van der Waals surface area (Å²) in [5.41, 5.74) is 0. The number of likely N-dealkylation sites (N-methyl/N-ethyl adjacent to an activating group) is 1. The Kier molecular flexibility index (Phi) is 6.04. The van der Waals surface area contributed by atoms with E-state index in [2.05, 4.69) is 9.05 Å². The molecule has 0 spiro atoms. The third kappa shape index (κ3) is 4.24. The molecule has 0 radical (unpaired) electrons. The van der Waals surface area contributed by atoms with Gasteiger partial charge in [-0.1, -0.05) is 23.2 Å². The number of carbonyl (C=O) groups excluding carboxylic acids is 1. The lowest BCUT2D eigenvalue weighted by Crippen LogP contribution is -2.24. The van der Waals surface area contributed by atoms with Gasteiger partial charge in [-0.05, 0) is 0 Å². The Labute approximate surface area is 92.5 Å². The van der Waals surface area contributed by atoms with Gasteiger partial charge < -0.3 is 4.90 Å². The smallest absolute Gasteiger partial charge is 0.342 e. The van der Waals surface area contributed by atoms with Crippen LogP contribution in [0.2, 0.25) is 0 Å². The van der Waals surface area contributed by atoms with Gasteiger partial charge in [0.1, 0.15) is 0 Å². The third-order valence-electron chi connectivity index (χ3n) is 1.09. The van der Waals surface area contributed by atoms with Crippen LogP contribution in [-0.2, 0) is 18.4 Å². The van der Waals surface area contributed by atoms with E-state index < -0.39 is 24.4 Å². The SMILES string of the molecule is CO[P+](=O)OC(C(=O)N(C)C)=C(Cl)Cl. The van der Waals surface area contributed by atoms with Crippen LogP contribution < -0.4 is 0 Å². The summed E-state index contributed by atoms with van der Waals surface area (Å²) in [5, 5.41) is 0. The summed E-state index contributed by atoms with van der Waals surface area (Å²) in [6, 6.07) is 0. The van der Waals surface area contributed by atoms with Crippen molar-refractivity contribution < 1.29 is 18.4 Å². The van der Waals surface area contributed by atoms with E-state index in [9.17, 15) is 9.36 Å². The van der Waals surface area contributed by atoms with E-state index in [1.54, 1.807) is 0 Å². The van der Waals surface area contributed by atoms with Crippen molar-refractivity contribution in [3.05, 3.63) is 10.3 Å². The van der Waals surface area contributed by atoms with Crippen LogP contribution in [0.1, 0.15) is 0 Å². The molecule has 0 aliphatic carbocycles. The number of nitrogens with zero attached hydrogens (tertiary/aromatic N) is 1. The van der Waals surface area contributed by atoms with Gasteiger partial charge in [0.05, 0.1) is 7.11 Å². The molecule has 0 bridgehead atoms. The first-order valence-corrected chi connectivity index (χ1v) is 5.21. The molecule has 0 heterocycles. The van der Waals surface area contributed by atoms with Gasteiger partial charge in [-0.25, -0.2) is 4.52 Å². The van der Waals surface area contributed by atoms with Crippen molar-refractivity contribution in [3.63, 3.8) is 0 Å². The molecule has 8 heteroatoms. The molecular formula is C6H9Cl2NO4P+. The minimum absolute atomic E-state index is 0.399. The molecule has 0 aromatic rings. The van der Waals surface area contributed by atoms with Gasteiger partial charge in [0.25, 0.3) is 11.7 Å². The van der Waals surface area contributed by atoms with Crippen molar-refractivity contribution >= 4 is 37.4 Å². The summed E-state index contributed by atoms with van der Waals surface area (Å²) < 4.78 is 19.4. The van der Waals surface area contributed by atoms with Gasteiger partial charge in [-0.3, -0.25) is 4.79 Å². The second-order valence-corrected chi connectivity index (χ2v) is 4.23. The average Bonchev–Trinajstić information content (AvgIpc) is 2.11. The monoisotopic (exact) mass is 260 g/mol. The van der Waals surface area contributed by atoms with Crippen molar-refractivity contribution in [3.8, 4) is 0 Å². The molecule has 0 fully saturated rings. The van der Waals surface area contributed by atoms with Gasteiger partial charge in [0.15, 0.2) is 4.49 Å². The summed E-state index contributed by atoms with van der Waals surface area (Å²) >= 11 is 10.7. The van der Waals surface area contributed by atoms with E-state index in [1.165, 1.54) is 26.1 Å². The Hall–Kier alpha value is -0.350. The molecule has 0 aromatic carbocycles. The van der Waals surface area contributed by atoms with Gasteiger partial charge >= 0.3 is 8.25 Å². The summed E-state index contributed by atoms with van der Waals surface area (Å²) in [6.45, 7) is 0. The maximum absolute atomic E-state index is 11.3. The fourth-order valence-corrected chi connectivity index (χ4v) is 1.21. The van der Waals surface area contributed by atoms with Crippen LogP contribution in [0.5, 0.6) is 0 Å². The molecule has 14 heavy (non-hydrogen) atoms. The Bertz CT molecular complexity index is 275. The topological polar surface area (TPSA) is 55.8 Å². The minimum atomic E-state index is -2.43. The summed E-state index contributed by atoms with van der Waals surface area (Å²) in [7, 11) is 1.68. The lowest BCUT2D eigenvalue weighted by molar-refractivity contribution is -0.127. The fraction of sp³-hybridized carbons (Fsp3) is 0.500. The summed E-state index contributed by atoms with van der Waals surface area (Å²) in [4.78, 5) is 12.5. The Morgan fingerprint density at radius 3 is 2.14 bits per heavy atom. The Morgan fingerprint density at radius 2 is 1.86 bits per heavy atom. The molecule has 1 unspecified atom stereocenters. The highest BCUT2D eigenvalue weighted by atomic mass is 35.5. The standard InChI is InChI=1S/C6H9Cl2NO4P/c1-9(2)6(10)4(5(7)8)13-14(11)12-3/h1-3H3/q+1. The van der Waals surface area contributed by atoms with E-state index in [-0.39, 0.29) is 0 Å². The Morgan fingerprint density at radius 1 is 1.36 bits per heavy atom. The van der Waals surface area contributed by atoms with E-state index in [4.69, 9.17) is 23.2 Å². The van der Waals surface area contributed by atoms with E-state index in [0.717, 1.165) is 0 Å². The normalized spacial score (nSPS) is 10.5. The third-order valence-corrected chi connectivity index (χ3v) is 2.06. The highest BCUT2D eigenvalue weighted by Gasteiger charge is 2.29. The highest BCUT2D eigenvalue weighted by molar-refractivity contribution is 7.33. The number of hydrogen-bond donors (Lipinski definition) is 0. The van der Waals surface area contributed by atoms with Crippen LogP contribution in [0.25, 0.3) is 0 Å². The molecule has 0 saturated heterocycles. The van der Waals surface area contributed by atoms with Crippen LogP contribution in [0.4, 0.5) is 0 Å². The molecule has 0 rings (SSSR count). The zero-order valence-electron chi connectivity index (χ0n) is 7.78. The number of halogens is 2. The largest absolute Gasteiger partial charge is 0.750 e. The molecule has 0 aromatic heterocycles. The molecule has 0 aliphatic heterocycles.